The monoisotopic (exact) mass is 228 g/mol. The lowest BCUT2D eigenvalue weighted by Gasteiger charge is -2.30. The molecule has 1 saturated carbocycles. The first kappa shape index (κ1) is 13.5. The van der Waals surface area contributed by atoms with Crippen molar-refractivity contribution < 1.29 is 9.53 Å². The molecule has 0 aromatic heterocycles. The first-order chi connectivity index (χ1) is 7.64. The highest BCUT2D eigenvalue weighted by atomic mass is 16.5. The van der Waals surface area contributed by atoms with E-state index in [1.165, 1.54) is 0 Å². The van der Waals surface area contributed by atoms with Crippen LogP contribution in [0.2, 0.25) is 0 Å². The molecule has 0 aromatic carbocycles. The summed E-state index contributed by atoms with van der Waals surface area (Å²) in [4.78, 5) is 14.1. The number of likely N-dealkylation sites (N-methyl/N-ethyl adjacent to an activating group) is 1. The summed E-state index contributed by atoms with van der Waals surface area (Å²) in [6.45, 7) is 6.61. The van der Waals surface area contributed by atoms with Gasteiger partial charge in [0.2, 0.25) is 5.91 Å². The van der Waals surface area contributed by atoms with Gasteiger partial charge in [-0.25, -0.2) is 0 Å². The molecular formula is C12H24N2O2. The van der Waals surface area contributed by atoms with Crippen molar-refractivity contribution in [1.29, 1.82) is 0 Å². The van der Waals surface area contributed by atoms with Gasteiger partial charge in [-0.1, -0.05) is 12.8 Å². The van der Waals surface area contributed by atoms with Crippen LogP contribution >= 0.6 is 0 Å². The highest BCUT2D eigenvalue weighted by molar-refractivity contribution is 5.86. The molecule has 1 amide bonds. The molecule has 1 aliphatic carbocycles. The van der Waals surface area contributed by atoms with E-state index in [1.807, 2.05) is 18.7 Å². The van der Waals surface area contributed by atoms with Crippen molar-refractivity contribution in [3.63, 3.8) is 0 Å². The van der Waals surface area contributed by atoms with Crippen LogP contribution in [0.25, 0.3) is 0 Å². The van der Waals surface area contributed by atoms with Crippen LogP contribution < -0.4 is 5.73 Å². The van der Waals surface area contributed by atoms with Gasteiger partial charge in [0.25, 0.3) is 0 Å². The second kappa shape index (κ2) is 6.21. The highest BCUT2D eigenvalue weighted by Crippen LogP contribution is 2.28. The SMILES string of the molecule is CCOCCN(CC)C(=O)C1(N)CCCC1. The summed E-state index contributed by atoms with van der Waals surface area (Å²) in [5.74, 6) is 0.104. The second-order valence-electron chi connectivity index (χ2n) is 4.44. The number of amides is 1. The predicted molar refractivity (Wildman–Crippen MR) is 64.1 cm³/mol. The molecule has 0 saturated heterocycles. The minimum atomic E-state index is -0.595. The number of nitrogens with two attached hydrogens (primary N) is 1. The predicted octanol–water partition coefficient (Wildman–Crippen LogP) is 1.14. The van der Waals surface area contributed by atoms with Gasteiger partial charge >= 0.3 is 0 Å². The summed E-state index contributed by atoms with van der Waals surface area (Å²) >= 11 is 0. The Labute approximate surface area is 98.1 Å². The molecule has 0 spiro atoms. The Kier molecular flexibility index (Phi) is 5.22. The van der Waals surface area contributed by atoms with Crippen LogP contribution in [0.15, 0.2) is 0 Å². The first-order valence-electron chi connectivity index (χ1n) is 6.30. The molecule has 0 heterocycles. The van der Waals surface area contributed by atoms with E-state index in [9.17, 15) is 4.79 Å². The van der Waals surface area contributed by atoms with Crippen molar-refractivity contribution >= 4 is 5.91 Å². The van der Waals surface area contributed by atoms with Crippen molar-refractivity contribution in [2.75, 3.05) is 26.3 Å². The maximum absolute atomic E-state index is 12.2. The van der Waals surface area contributed by atoms with Gasteiger partial charge in [-0.15, -0.1) is 0 Å². The molecule has 4 nitrogen and oxygen atoms in total. The number of ether oxygens (including phenoxy) is 1. The van der Waals surface area contributed by atoms with E-state index in [-0.39, 0.29) is 5.91 Å². The van der Waals surface area contributed by atoms with Crippen LogP contribution in [0.4, 0.5) is 0 Å². The molecule has 0 atom stereocenters. The standard InChI is InChI=1S/C12H24N2O2/c1-3-14(9-10-16-4-2)11(15)12(13)7-5-6-8-12/h3-10,13H2,1-2H3. The molecule has 1 fully saturated rings. The molecule has 0 aromatic rings. The van der Waals surface area contributed by atoms with Crippen molar-refractivity contribution in [2.45, 2.75) is 45.1 Å². The molecule has 0 bridgehead atoms. The molecule has 0 radical (unpaired) electrons. The zero-order chi connectivity index (χ0) is 12.0. The van der Waals surface area contributed by atoms with E-state index in [0.29, 0.717) is 26.3 Å². The summed E-state index contributed by atoms with van der Waals surface area (Å²) in [6.07, 6.45) is 3.81. The summed E-state index contributed by atoms with van der Waals surface area (Å²) in [5, 5.41) is 0. The normalized spacial score (nSPS) is 18.7. The number of hydrogen-bond acceptors (Lipinski definition) is 3. The van der Waals surface area contributed by atoms with E-state index in [0.717, 1.165) is 25.7 Å². The molecule has 1 rings (SSSR count). The minimum Gasteiger partial charge on any atom is -0.380 e. The molecule has 16 heavy (non-hydrogen) atoms. The minimum absolute atomic E-state index is 0.104. The Balaban J connectivity index is 2.48. The molecule has 94 valence electrons. The maximum Gasteiger partial charge on any atom is 0.242 e. The zero-order valence-corrected chi connectivity index (χ0v) is 10.5. The van der Waals surface area contributed by atoms with Gasteiger partial charge < -0.3 is 15.4 Å². The Morgan fingerprint density at radius 3 is 2.50 bits per heavy atom. The van der Waals surface area contributed by atoms with Crippen LogP contribution in [0.3, 0.4) is 0 Å². The number of carbonyl (C=O) groups is 1. The topological polar surface area (TPSA) is 55.6 Å². The third-order valence-electron chi connectivity index (χ3n) is 3.30. The van der Waals surface area contributed by atoms with Crippen LogP contribution in [0, 0.1) is 0 Å². The van der Waals surface area contributed by atoms with Gasteiger partial charge in [0.05, 0.1) is 12.1 Å². The molecule has 4 heteroatoms. The van der Waals surface area contributed by atoms with Crippen LogP contribution in [-0.2, 0) is 9.53 Å². The van der Waals surface area contributed by atoms with E-state index in [4.69, 9.17) is 10.5 Å². The fourth-order valence-corrected chi connectivity index (χ4v) is 2.26. The van der Waals surface area contributed by atoms with E-state index in [2.05, 4.69) is 0 Å². The summed E-state index contributed by atoms with van der Waals surface area (Å²) in [7, 11) is 0. The lowest BCUT2D eigenvalue weighted by atomic mass is 9.97. The van der Waals surface area contributed by atoms with Crippen LogP contribution in [0.1, 0.15) is 39.5 Å². The molecule has 0 unspecified atom stereocenters. The van der Waals surface area contributed by atoms with Crippen molar-refractivity contribution in [1.82, 2.24) is 4.90 Å². The fourth-order valence-electron chi connectivity index (χ4n) is 2.26. The van der Waals surface area contributed by atoms with Gasteiger partial charge in [-0.2, -0.15) is 0 Å². The second-order valence-corrected chi connectivity index (χ2v) is 4.44. The number of hydrogen-bond donors (Lipinski definition) is 1. The Morgan fingerprint density at radius 1 is 1.38 bits per heavy atom. The van der Waals surface area contributed by atoms with Gasteiger partial charge in [-0.05, 0) is 26.7 Å². The largest absolute Gasteiger partial charge is 0.380 e. The average Bonchev–Trinajstić information content (AvgIpc) is 2.72. The third-order valence-corrected chi connectivity index (χ3v) is 3.30. The number of carbonyl (C=O) groups excluding carboxylic acids is 1. The van der Waals surface area contributed by atoms with Crippen molar-refractivity contribution in [3.05, 3.63) is 0 Å². The third kappa shape index (κ3) is 3.19. The Hall–Kier alpha value is -0.610. The van der Waals surface area contributed by atoms with Crippen molar-refractivity contribution in [2.24, 2.45) is 5.73 Å². The Morgan fingerprint density at radius 2 is 2.00 bits per heavy atom. The smallest absolute Gasteiger partial charge is 0.242 e. The van der Waals surface area contributed by atoms with Crippen LogP contribution in [-0.4, -0.2) is 42.6 Å². The molecule has 2 N–H and O–H groups in total. The lowest BCUT2D eigenvalue weighted by Crippen LogP contribution is -2.54. The number of rotatable bonds is 6. The van der Waals surface area contributed by atoms with Gasteiger partial charge in [0.15, 0.2) is 0 Å². The summed E-state index contributed by atoms with van der Waals surface area (Å²) < 4.78 is 5.28. The average molecular weight is 228 g/mol. The van der Waals surface area contributed by atoms with E-state index in [1.54, 1.807) is 0 Å². The summed E-state index contributed by atoms with van der Waals surface area (Å²) in [5.41, 5.74) is 5.56. The van der Waals surface area contributed by atoms with Gasteiger partial charge in [0, 0.05) is 19.7 Å². The van der Waals surface area contributed by atoms with E-state index < -0.39 is 5.54 Å². The fraction of sp³-hybridized carbons (Fsp3) is 0.917. The first-order valence-corrected chi connectivity index (χ1v) is 6.30. The Bertz CT molecular complexity index is 225. The summed E-state index contributed by atoms with van der Waals surface area (Å²) in [6, 6.07) is 0. The van der Waals surface area contributed by atoms with Crippen LogP contribution in [0.5, 0.6) is 0 Å². The number of nitrogens with zero attached hydrogens (tertiary/aromatic N) is 1. The maximum atomic E-state index is 12.2. The molecule has 1 aliphatic rings. The van der Waals surface area contributed by atoms with Gasteiger partial charge in [0.1, 0.15) is 0 Å². The van der Waals surface area contributed by atoms with Crippen molar-refractivity contribution in [3.8, 4) is 0 Å². The lowest BCUT2D eigenvalue weighted by molar-refractivity contribution is -0.137. The molecule has 0 aliphatic heterocycles. The van der Waals surface area contributed by atoms with Gasteiger partial charge in [-0.3, -0.25) is 4.79 Å². The zero-order valence-electron chi connectivity index (χ0n) is 10.5. The quantitative estimate of drug-likeness (QED) is 0.694. The highest BCUT2D eigenvalue weighted by Gasteiger charge is 2.39. The van der Waals surface area contributed by atoms with E-state index >= 15 is 0 Å². The molecular weight excluding hydrogens is 204 g/mol.